The number of hydrogen-bond acceptors (Lipinski definition) is 2. The topological polar surface area (TPSA) is 66.7 Å². The fourth-order valence-corrected chi connectivity index (χ4v) is 1.76. The molecule has 14 heavy (non-hydrogen) atoms. The fourth-order valence-electron chi connectivity index (χ4n) is 1.24. The van der Waals surface area contributed by atoms with Crippen LogP contribution in [0.25, 0.3) is 10.9 Å². The molecule has 4 nitrogen and oxygen atoms in total. The standard InChI is InChI=1S/C8H7BrN4S/c9-7-4-2-1-3-5(11-8(10)14)6(4)12-13-7/h1-3H,(H,12,13)(H3,10,11,14). The minimum Gasteiger partial charge on any atom is -0.376 e. The number of nitrogens with zero attached hydrogens (tertiary/aromatic N) is 1. The number of para-hydroxylation sites is 1. The van der Waals surface area contributed by atoms with Crippen molar-refractivity contribution in [1.29, 1.82) is 0 Å². The van der Waals surface area contributed by atoms with Gasteiger partial charge in [-0.25, -0.2) is 0 Å². The summed E-state index contributed by atoms with van der Waals surface area (Å²) in [6.07, 6.45) is 0. The first kappa shape index (κ1) is 9.42. The third-order valence-electron chi connectivity index (χ3n) is 1.80. The zero-order valence-corrected chi connectivity index (χ0v) is 9.45. The summed E-state index contributed by atoms with van der Waals surface area (Å²) in [6.45, 7) is 0. The Morgan fingerprint density at radius 3 is 3.07 bits per heavy atom. The Bertz CT molecular complexity index is 493. The van der Waals surface area contributed by atoms with E-state index in [1.54, 1.807) is 0 Å². The highest BCUT2D eigenvalue weighted by Crippen LogP contribution is 2.26. The summed E-state index contributed by atoms with van der Waals surface area (Å²) in [6, 6.07) is 5.73. The molecular weight excluding hydrogens is 264 g/mol. The second kappa shape index (κ2) is 3.55. The lowest BCUT2D eigenvalue weighted by Gasteiger charge is -2.03. The summed E-state index contributed by atoms with van der Waals surface area (Å²) in [4.78, 5) is 0. The second-order valence-electron chi connectivity index (χ2n) is 2.73. The Labute approximate surface area is 94.0 Å². The Kier molecular flexibility index (Phi) is 2.39. The molecule has 6 heteroatoms. The zero-order valence-electron chi connectivity index (χ0n) is 7.04. The summed E-state index contributed by atoms with van der Waals surface area (Å²) in [5.74, 6) is 0. The third kappa shape index (κ3) is 1.58. The molecule has 0 atom stereocenters. The number of nitrogens with two attached hydrogens (primary N) is 1. The normalized spacial score (nSPS) is 10.4. The maximum atomic E-state index is 5.39. The molecule has 0 unspecified atom stereocenters. The monoisotopic (exact) mass is 270 g/mol. The molecule has 0 aliphatic rings. The van der Waals surface area contributed by atoms with Crippen LogP contribution in [0.2, 0.25) is 0 Å². The molecule has 0 radical (unpaired) electrons. The number of aromatic amines is 1. The van der Waals surface area contributed by atoms with Crippen LogP contribution in [0.1, 0.15) is 0 Å². The van der Waals surface area contributed by atoms with E-state index in [1.165, 1.54) is 0 Å². The highest BCUT2D eigenvalue weighted by molar-refractivity contribution is 9.10. The van der Waals surface area contributed by atoms with Crippen molar-refractivity contribution in [1.82, 2.24) is 10.2 Å². The number of fused-ring (bicyclic) bond motifs is 1. The quantitative estimate of drug-likeness (QED) is 0.694. The van der Waals surface area contributed by atoms with Crippen molar-refractivity contribution in [3.05, 3.63) is 22.8 Å². The largest absolute Gasteiger partial charge is 0.376 e. The van der Waals surface area contributed by atoms with E-state index in [2.05, 4.69) is 31.4 Å². The molecule has 1 aromatic heterocycles. The van der Waals surface area contributed by atoms with Gasteiger partial charge >= 0.3 is 0 Å². The summed E-state index contributed by atoms with van der Waals surface area (Å²) in [5, 5.41) is 11.0. The molecule has 0 aliphatic carbocycles. The summed E-state index contributed by atoms with van der Waals surface area (Å²) >= 11 is 8.12. The van der Waals surface area contributed by atoms with Gasteiger partial charge in [-0.15, -0.1) is 0 Å². The third-order valence-corrected chi connectivity index (χ3v) is 2.50. The van der Waals surface area contributed by atoms with Crippen molar-refractivity contribution in [2.24, 2.45) is 5.73 Å². The highest BCUT2D eigenvalue weighted by atomic mass is 79.9. The maximum absolute atomic E-state index is 5.39. The Hall–Kier alpha value is -1.14. The number of halogens is 1. The number of thiocarbonyl (C=S) groups is 1. The van der Waals surface area contributed by atoms with Crippen LogP contribution in [0.15, 0.2) is 22.8 Å². The number of rotatable bonds is 1. The van der Waals surface area contributed by atoms with Crippen LogP contribution in [0, 0.1) is 0 Å². The minimum atomic E-state index is 0.233. The number of hydrogen-bond donors (Lipinski definition) is 3. The van der Waals surface area contributed by atoms with Gasteiger partial charge in [0.1, 0.15) is 10.1 Å². The predicted molar refractivity (Wildman–Crippen MR) is 64.2 cm³/mol. The zero-order chi connectivity index (χ0) is 10.1. The van der Waals surface area contributed by atoms with Gasteiger partial charge in [0.2, 0.25) is 0 Å². The van der Waals surface area contributed by atoms with Gasteiger partial charge in [0.15, 0.2) is 5.11 Å². The van der Waals surface area contributed by atoms with Crippen molar-refractivity contribution in [2.45, 2.75) is 0 Å². The average molecular weight is 271 g/mol. The average Bonchev–Trinajstić information content (AvgIpc) is 2.49. The van der Waals surface area contributed by atoms with E-state index in [9.17, 15) is 0 Å². The summed E-state index contributed by atoms with van der Waals surface area (Å²) in [7, 11) is 0. The lowest BCUT2D eigenvalue weighted by atomic mass is 10.2. The Morgan fingerprint density at radius 1 is 1.57 bits per heavy atom. The molecule has 1 aromatic carbocycles. The second-order valence-corrected chi connectivity index (χ2v) is 3.96. The molecular formula is C8H7BrN4S. The predicted octanol–water partition coefficient (Wildman–Crippen LogP) is 1.98. The van der Waals surface area contributed by atoms with E-state index < -0.39 is 0 Å². The van der Waals surface area contributed by atoms with Gasteiger partial charge in [-0.3, -0.25) is 5.10 Å². The maximum Gasteiger partial charge on any atom is 0.168 e. The van der Waals surface area contributed by atoms with E-state index >= 15 is 0 Å². The van der Waals surface area contributed by atoms with E-state index in [0.717, 1.165) is 21.2 Å². The van der Waals surface area contributed by atoms with Crippen LogP contribution in [-0.4, -0.2) is 15.3 Å². The minimum absolute atomic E-state index is 0.233. The molecule has 0 amide bonds. The molecule has 0 saturated heterocycles. The molecule has 0 fully saturated rings. The van der Waals surface area contributed by atoms with Crippen LogP contribution in [0.5, 0.6) is 0 Å². The van der Waals surface area contributed by atoms with Crippen molar-refractivity contribution in [3.8, 4) is 0 Å². The molecule has 0 saturated carbocycles. The fraction of sp³-hybridized carbons (Fsp3) is 0. The van der Waals surface area contributed by atoms with Crippen LogP contribution >= 0.6 is 28.1 Å². The first-order valence-corrected chi connectivity index (χ1v) is 5.07. The molecule has 72 valence electrons. The summed E-state index contributed by atoms with van der Waals surface area (Å²) in [5.41, 5.74) is 7.01. The lowest BCUT2D eigenvalue weighted by molar-refractivity contribution is 1.10. The van der Waals surface area contributed by atoms with Gasteiger partial charge in [-0.05, 0) is 40.3 Å². The smallest absolute Gasteiger partial charge is 0.168 e. The highest BCUT2D eigenvalue weighted by Gasteiger charge is 2.06. The van der Waals surface area contributed by atoms with Gasteiger partial charge in [0, 0.05) is 5.39 Å². The molecule has 0 spiro atoms. The first-order chi connectivity index (χ1) is 6.68. The van der Waals surface area contributed by atoms with E-state index in [4.69, 9.17) is 18.0 Å². The van der Waals surface area contributed by atoms with E-state index in [0.29, 0.717) is 0 Å². The van der Waals surface area contributed by atoms with Gasteiger partial charge in [0.05, 0.1) is 5.69 Å². The van der Waals surface area contributed by atoms with Gasteiger partial charge in [-0.1, -0.05) is 6.07 Å². The van der Waals surface area contributed by atoms with Gasteiger partial charge in [0.25, 0.3) is 0 Å². The van der Waals surface area contributed by atoms with Crippen LogP contribution in [0.4, 0.5) is 5.69 Å². The van der Waals surface area contributed by atoms with E-state index in [1.807, 2.05) is 18.2 Å². The first-order valence-electron chi connectivity index (χ1n) is 3.87. The number of anilines is 1. The van der Waals surface area contributed by atoms with Crippen molar-refractivity contribution >= 4 is 49.9 Å². The molecule has 0 bridgehead atoms. The summed E-state index contributed by atoms with van der Waals surface area (Å²) < 4.78 is 0.846. The van der Waals surface area contributed by atoms with Crippen LogP contribution < -0.4 is 11.1 Å². The number of aromatic nitrogens is 2. The Morgan fingerprint density at radius 2 is 2.36 bits per heavy atom. The molecule has 1 heterocycles. The number of benzene rings is 1. The SMILES string of the molecule is NC(=S)Nc1cccc2c(Br)[nH]nc12. The molecule has 0 aliphatic heterocycles. The molecule has 4 N–H and O–H groups in total. The van der Waals surface area contributed by atoms with E-state index in [-0.39, 0.29) is 5.11 Å². The molecule has 2 rings (SSSR count). The van der Waals surface area contributed by atoms with Crippen molar-refractivity contribution in [2.75, 3.05) is 5.32 Å². The lowest BCUT2D eigenvalue weighted by Crippen LogP contribution is -2.18. The Balaban J connectivity index is 2.59. The van der Waals surface area contributed by atoms with Crippen LogP contribution in [0.3, 0.4) is 0 Å². The van der Waals surface area contributed by atoms with Crippen molar-refractivity contribution < 1.29 is 0 Å². The van der Waals surface area contributed by atoms with Crippen LogP contribution in [-0.2, 0) is 0 Å². The van der Waals surface area contributed by atoms with Gasteiger partial charge in [-0.2, -0.15) is 5.10 Å². The number of nitrogens with one attached hydrogen (secondary N) is 2. The van der Waals surface area contributed by atoms with Crippen molar-refractivity contribution in [3.63, 3.8) is 0 Å². The number of H-pyrrole nitrogens is 1. The van der Waals surface area contributed by atoms with Gasteiger partial charge < -0.3 is 11.1 Å². The molecule has 2 aromatic rings.